The van der Waals surface area contributed by atoms with Crippen LogP contribution in [0.4, 0.5) is 5.69 Å². The summed E-state index contributed by atoms with van der Waals surface area (Å²) in [5.74, 6) is 1.61. The Kier molecular flexibility index (Phi) is 9.49. The molecule has 29 heavy (non-hydrogen) atoms. The number of rotatable bonds is 10. The van der Waals surface area contributed by atoms with E-state index < -0.39 is 10.0 Å². The minimum absolute atomic E-state index is 0.0361. The Labute approximate surface area is 173 Å². The second-order valence-corrected chi connectivity index (χ2v) is 8.54. The van der Waals surface area contributed by atoms with Crippen LogP contribution in [0.3, 0.4) is 0 Å². The Hall–Kier alpha value is -2.04. The lowest BCUT2D eigenvalue weighted by atomic mass is 10.1. The van der Waals surface area contributed by atoms with Crippen molar-refractivity contribution >= 4 is 21.7 Å². The Balaban J connectivity index is 1.90. The molecule has 1 heterocycles. The van der Waals surface area contributed by atoms with Gasteiger partial charge in [0.1, 0.15) is 0 Å². The van der Waals surface area contributed by atoms with Crippen LogP contribution in [0.5, 0.6) is 11.5 Å². The first kappa shape index (κ1) is 23.2. The number of benzene rings is 1. The third kappa shape index (κ3) is 8.08. The molecule has 2 rings (SSSR count). The molecule has 1 aromatic carbocycles. The van der Waals surface area contributed by atoms with Gasteiger partial charge in [-0.1, -0.05) is 0 Å². The van der Waals surface area contributed by atoms with Crippen LogP contribution in [0.25, 0.3) is 0 Å². The van der Waals surface area contributed by atoms with Crippen molar-refractivity contribution in [2.45, 2.75) is 32.3 Å². The van der Waals surface area contributed by atoms with Crippen molar-refractivity contribution in [2.24, 2.45) is 4.99 Å². The van der Waals surface area contributed by atoms with Crippen molar-refractivity contribution in [3.05, 3.63) is 18.2 Å². The third-order valence-corrected chi connectivity index (χ3v) is 5.75. The summed E-state index contributed by atoms with van der Waals surface area (Å²) in [7, 11) is -0.272. The van der Waals surface area contributed by atoms with E-state index in [1.165, 1.54) is 0 Å². The topological polar surface area (TPSA) is 110 Å². The molecule has 164 valence electrons. The second kappa shape index (κ2) is 11.8. The number of anilines is 1. The average molecular weight is 429 g/mol. The van der Waals surface area contributed by atoms with Crippen LogP contribution in [-0.2, 0) is 14.8 Å². The zero-order chi connectivity index (χ0) is 21.1. The highest BCUT2D eigenvalue weighted by atomic mass is 32.2. The van der Waals surface area contributed by atoms with E-state index in [9.17, 15) is 8.42 Å². The van der Waals surface area contributed by atoms with E-state index in [2.05, 4.69) is 20.3 Å². The molecular weight excluding hydrogens is 396 g/mol. The SMILES string of the molecule is CCNC(=NCCS(=O)(=O)NCC1CCCCO1)Nc1ccc(OC)c(OC)c1. The lowest BCUT2D eigenvalue weighted by molar-refractivity contribution is 0.0200. The first-order valence-electron chi connectivity index (χ1n) is 9.83. The van der Waals surface area contributed by atoms with Gasteiger partial charge in [-0.2, -0.15) is 0 Å². The Morgan fingerprint density at radius 1 is 1.24 bits per heavy atom. The molecule has 9 nitrogen and oxygen atoms in total. The first-order chi connectivity index (χ1) is 14.0. The molecule has 0 saturated carbocycles. The molecule has 1 fully saturated rings. The predicted octanol–water partition coefficient (Wildman–Crippen LogP) is 1.57. The van der Waals surface area contributed by atoms with Crippen LogP contribution in [0.1, 0.15) is 26.2 Å². The van der Waals surface area contributed by atoms with Crippen molar-refractivity contribution in [3.63, 3.8) is 0 Å². The van der Waals surface area contributed by atoms with Gasteiger partial charge in [-0.25, -0.2) is 13.1 Å². The normalized spacial score (nSPS) is 17.6. The summed E-state index contributed by atoms with van der Waals surface area (Å²) >= 11 is 0. The van der Waals surface area contributed by atoms with Crippen LogP contribution in [0, 0.1) is 0 Å². The van der Waals surface area contributed by atoms with Gasteiger partial charge in [0.15, 0.2) is 17.5 Å². The fourth-order valence-corrected chi connectivity index (χ4v) is 3.81. The summed E-state index contributed by atoms with van der Waals surface area (Å²) in [6.07, 6.45) is 2.97. The molecule has 0 bridgehead atoms. The molecule has 1 atom stereocenters. The summed E-state index contributed by atoms with van der Waals surface area (Å²) in [6.45, 7) is 3.72. The van der Waals surface area contributed by atoms with Gasteiger partial charge < -0.3 is 24.8 Å². The minimum atomic E-state index is -3.41. The fraction of sp³-hybridized carbons (Fsp3) is 0.632. The third-order valence-electron chi connectivity index (χ3n) is 4.43. The molecule has 0 aromatic heterocycles. The lowest BCUT2D eigenvalue weighted by Crippen LogP contribution is -2.37. The summed E-state index contributed by atoms with van der Waals surface area (Å²) in [4.78, 5) is 4.36. The minimum Gasteiger partial charge on any atom is -0.493 e. The maximum atomic E-state index is 12.2. The largest absolute Gasteiger partial charge is 0.493 e. The lowest BCUT2D eigenvalue weighted by Gasteiger charge is -2.22. The second-order valence-electron chi connectivity index (χ2n) is 6.61. The van der Waals surface area contributed by atoms with Crippen molar-refractivity contribution in [2.75, 3.05) is 51.5 Å². The van der Waals surface area contributed by atoms with E-state index in [0.29, 0.717) is 37.2 Å². The number of sulfonamides is 1. The van der Waals surface area contributed by atoms with Crippen LogP contribution < -0.4 is 24.8 Å². The molecule has 0 spiro atoms. The molecule has 1 aliphatic rings. The Bertz CT molecular complexity index is 764. The van der Waals surface area contributed by atoms with Crippen molar-refractivity contribution in [1.82, 2.24) is 10.0 Å². The summed E-state index contributed by atoms with van der Waals surface area (Å²) < 4.78 is 43.1. The van der Waals surface area contributed by atoms with Gasteiger partial charge in [-0.05, 0) is 38.3 Å². The van der Waals surface area contributed by atoms with E-state index in [0.717, 1.165) is 24.9 Å². The number of hydrogen-bond donors (Lipinski definition) is 3. The van der Waals surface area contributed by atoms with Crippen LogP contribution in [-0.4, -0.2) is 66.7 Å². The van der Waals surface area contributed by atoms with Gasteiger partial charge in [0.2, 0.25) is 10.0 Å². The van der Waals surface area contributed by atoms with E-state index in [4.69, 9.17) is 14.2 Å². The zero-order valence-electron chi connectivity index (χ0n) is 17.4. The smallest absolute Gasteiger partial charge is 0.213 e. The molecule has 0 aliphatic carbocycles. The number of guanidine groups is 1. The van der Waals surface area contributed by atoms with Gasteiger partial charge in [-0.3, -0.25) is 4.99 Å². The van der Waals surface area contributed by atoms with Crippen molar-refractivity contribution < 1.29 is 22.6 Å². The zero-order valence-corrected chi connectivity index (χ0v) is 18.2. The standard InChI is InChI=1S/C19H32N4O5S/c1-4-20-19(23-15-8-9-17(26-2)18(13-15)27-3)21-10-12-29(24,25)22-14-16-7-5-6-11-28-16/h8-9,13,16,22H,4-7,10-12,14H2,1-3H3,(H2,20,21,23). The number of aliphatic imine (C=N–C) groups is 1. The maximum absolute atomic E-state index is 12.2. The highest BCUT2D eigenvalue weighted by Gasteiger charge is 2.17. The Morgan fingerprint density at radius 3 is 2.69 bits per heavy atom. The van der Waals surface area contributed by atoms with E-state index >= 15 is 0 Å². The first-order valence-corrected chi connectivity index (χ1v) is 11.5. The van der Waals surface area contributed by atoms with Crippen molar-refractivity contribution in [1.29, 1.82) is 0 Å². The number of nitrogens with one attached hydrogen (secondary N) is 3. The van der Waals surface area contributed by atoms with Crippen LogP contribution in [0.15, 0.2) is 23.2 Å². The van der Waals surface area contributed by atoms with Gasteiger partial charge in [0.25, 0.3) is 0 Å². The highest BCUT2D eigenvalue weighted by Crippen LogP contribution is 2.29. The van der Waals surface area contributed by atoms with Crippen molar-refractivity contribution in [3.8, 4) is 11.5 Å². The van der Waals surface area contributed by atoms with E-state index in [-0.39, 0.29) is 18.4 Å². The fourth-order valence-electron chi connectivity index (χ4n) is 2.90. The molecular formula is C19H32N4O5S. The molecule has 3 N–H and O–H groups in total. The molecule has 0 radical (unpaired) electrons. The Morgan fingerprint density at radius 2 is 2.03 bits per heavy atom. The van der Waals surface area contributed by atoms with E-state index in [1.54, 1.807) is 26.4 Å². The van der Waals surface area contributed by atoms with Gasteiger partial charge in [0.05, 0.1) is 32.6 Å². The van der Waals surface area contributed by atoms with Gasteiger partial charge in [-0.15, -0.1) is 0 Å². The number of methoxy groups -OCH3 is 2. The molecule has 1 unspecified atom stereocenters. The summed E-state index contributed by atoms with van der Waals surface area (Å²) in [6, 6.07) is 5.40. The average Bonchev–Trinajstić information content (AvgIpc) is 2.73. The molecule has 1 aromatic rings. The molecule has 10 heteroatoms. The highest BCUT2D eigenvalue weighted by molar-refractivity contribution is 7.89. The van der Waals surface area contributed by atoms with Crippen LogP contribution in [0.2, 0.25) is 0 Å². The number of nitrogens with zero attached hydrogens (tertiary/aromatic N) is 1. The monoisotopic (exact) mass is 428 g/mol. The maximum Gasteiger partial charge on any atom is 0.213 e. The van der Waals surface area contributed by atoms with Gasteiger partial charge in [0, 0.05) is 31.5 Å². The van der Waals surface area contributed by atoms with Crippen LogP contribution >= 0.6 is 0 Å². The predicted molar refractivity (Wildman–Crippen MR) is 115 cm³/mol. The molecule has 1 saturated heterocycles. The number of hydrogen-bond acceptors (Lipinski definition) is 6. The summed E-state index contributed by atoms with van der Waals surface area (Å²) in [5, 5.41) is 6.24. The molecule has 1 aliphatic heterocycles. The van der Waals surface area contributed by atoms with E-state index in [1.807, 2.05) is 13.0 Å². The molecule has 0 amide bonds. The van der Waals surface area contributed by atoms with Gasteiger partial charge >= 0.3 is 0 Å². The summed E-state index contributed by atoms with van der Waals surface area (Å²) in [5.41, 5.74) is 0.748. The number of ether oxygens (including phenoxy) is 3. The quantitative estimate of drug-likeness (QED) is 0.383.